The number of hydrogen-bond donors (Lipinski definition) is 2. The van der Waals surface area contributed by atoms with Gasteiger partial charge in [0.15, 0.2) is 22.4 Å². The summed E-state index contributed by atoms with van der Waals surface area (Å²) in [6.07, 6.45) is 3.50. The Kier molecular flexibility index (Phi) is 3.53. The van der Waals surface area contributed by atoms with Crippen LogP contribution in [-0.4, -0.2) is 35.8 Å². The lowest BCUT2D eigenvalue weighted by Gasteiger charge is -2.06. The Balaban J connectivity index is 1.65. The van der Waals surface area contributed by atoms with Crippen molar-refractivity contribution in [3.63, 3.8) is 0 Å². The van der Waals surface area contributed by atoms with Gasteiger partial charge < -0.3 is 10.3 Å². The Morgan fingerprint density at radius 1 is 1.21 bits per heavy atom. The second-order valence-electron chi connectivity index (χ2n) is 4.93. The molecule has 0 aliphatic heterocycles. The van der Waals surface area contributed by atoms with E-state index >= 15 is 0 Å². The molecule has 1 aromatic carbocycles. The number of hydrogen-bond acceptors (Lipinski definition) is 6. The van der Waals surface area contributed by atoms with Gasteiger partial charge in [0, 0.05) is 6.07 Å². The van der Waals surface area contributed by atoms with Crippen molar-refractivity contribution >= 4 is 34.4 Å². The molecule has 7 nitrogen and oxygen atoms in total. The minimum absolute atomic E-state index is 0.0245. The molecule has 0 atom stereocenters. The summed E-state index contributed by atoms with van der Waals surface area (Å²) in [5.74, 6) is -0.941. The van der Waals surface area contributed by atoms with E-state index in [9.17, 15) is 8.78 Å². The van der Waals surface area contributed by atoms with Crippen molar-refractivity contribution in [3.8, 4) is 0 Å². The third-order valence-corrected chi connectivity index (χ3v) is 3.97. The van der Waals surface area contributed by atoms with Gasteiger partial charge in [-0.15, -0.1) is 0 Å². The monoisotopic (exact) mass is 347 g/mol. The van der Waals surface area contributed by atoms with Gasteiger partial charge >= 0.3 is 0 Å². The van der Waals surface area contributed by atoms with Crippen LogP contribution in [0, 0.1) is 11.6 Å². The minimum Gasteiger partial charge on any atom is -0.347 e. The predicted octanol–water partition coefficient (Wildman–Crippen LogP) is 2.61. The van der Waals surface area contributed by atoms with Crippen molar-refractivity contribution in [3.05, 3.63) is 41.9 Å². The zero-order valence-corrected chi connectivity index (χ0v) is 13.2. The highest BCUT2D eigenvalue weighted by Gasteiger charge is 2.13. The van der Waals surface area contributed by atoms with E-state index in [-0.39, 0.29) is 12.1 Å². The maximum atomic E-state index is 13.7. The molecule has 0 saturated carbocycles. The fraction of sp³-hybridized carbons (Fsp3) is 0.143. The Morgan fingerprint density at radius 3 is 2.92 bits per heavy atom. The van der Waals surface area contributed by atoms with E-state index in [4.69, 9.17) is 0 Å². The van der Waals surface area contributed by atoms with Crippen LogP contribution in [-0.2, 0) is 6.54 Å². The van der Waals surface area contributed by atoms with Gasteiger partial charge in [0.2, 0.25) is 5.95 Å². The highest BCUT2D eigenvalue weighted by molar-refractivity contribution is 7.98. The molecule has 0 aliphatic carbocycles. The van der Waals surface area contributed by atoms with Gasteiger partial charge in [-0.05, 0) is 18.4 Å². The van der Waals surface area contributed by atoms with E-state index < -0.39 is 11.6 Å². The molecule has 4 rings (SSSR count). The summed E-state index contributed by atoms with van der Waals surface area (Å²) in [6.45, 7) is 0.246. The van der Waals surface area contributed by atoms with Gasteiger partial charge in [-0.2, -0.15) is 14.6 Å². The zero-order valence-electron chi connectivity index (χ0n) is 12.4. The van der Waals surface area contributed by atoms with Crippen LogP contribution in [0.4, 0.5) is 14.7 Å². The van der Waals surface area contributed by atoms with Crippen LogP contribution in [0.15, 0.2) is 29.6 Å². The molecule has 2 N–H and O–H groups in total. The molecule has 0 saturated heterocycles. The van der Waals surface area contributed by atoms with Crippen LogP contribution in [0.5, 0.6) is 0 Å². The summed E-state index contributed by atoms with van der Waals surface area (Å²) in [5.41, 5.74) is 1.07. The summed E-state index contributed by atoms with van der Waals surface area (Å²) in [4.78, 5) is 15.7. The smallest absolute Gasteiger partial charge is 0.228 e. The molecule has 0 radical (unpaired) electrons. The number of benzene rings is 1. The molecular weight excluding hydrogens is 336 g/mol. The quantitative estimate of drug-likeness (QED) is 0.552. The van der Waals surface area contributed by atoms with Gasteiger partial charge in [-0.25, -0.2) is 18.7 Å². The van der Waals surface area contributed by atoms with E-state index in [0.717, 1.165) is 6.07 Å². The first kappa shape index (κ1) is 14.8. The number of aromatic amines is 1. The molecule has 4 aromatic rings. The summed E-state index contributed by atoms with van der Waals surface area (Å²) < 4.78 is 28.5. The van der Waals surface area contributed by atoms with Crippen molar-refractivity contribution in [2.75, 3.05) is 11.6 Å². The van der Waals surface area contributed by atoms with Gasteiger partial charge in [-0.1, -0.05) is 11.8 Å². The van der Waals surface area contributed by atoms with E-state index in [1.807, 2.05) is 6.26 Å². The zero-order chi connectivity index (χ0) is 16.7. The van der Waals surface area contributed by atoms with Crippen LogP contribution in [0.3, 0.4) is 0 Å². The van der Waals surface area contributed by atoms with Crippen molar-refractivity contribution in [1.29, 1.82) is 0 Å². The van der Waals surface area contributed by atoms with Crippen LogP contribution < -0.4 is 5.32 Å². The number of fused-ring (bicyclic) bond motifs is 2. The van der Waals surface area contributed by atoms with Crippen molar-refractivity contribution in [1.82, 2.24) is 29.5 Å². The molecule has 3 aromatic heterocycles. The maximum absolute atomic E-state index is 13.7. The van der Waals surface area contributed by atoms with Gasteiger partial charge in [0.1, 0.15) is 11.3 Å². The van der Waals surface area contributed by atoms with Crippen LogP contribution >= 0.6 is 11.8 Å². The Hall–Kier alpha value is -2.75. The van der Waals surface area contributed by atoms with Crippen LogP contribution in [0.25, 0.3) is 16.7 Å². The molecule has 0 bridgehead atoms. The summed E-state index contributed by atoms with van der Waals surface area (Å²) in [7, 11) is 0. The Morgan fingerprint density at radius 2 is 2.08 bits per heavy atom. The number of nitrogens with one attached hydrogen (secondary N) is 2. The fourth-order valence-electron chi connectivity index (χ4n) is 2.33. The lowest BCUT2D eigenvalue weighted by atomic mass is 10.3. The highest BCUT2D eigenvalue weighted by Crippen LogP contribution is 2.19. The Labute approximate surface area is 138 Å². The van der Waals surface area contributed by atoms with Crippen LogP contribution in [0.2, 0.25) is 0 Å². The number of aromatic nitrogens is 6. The van der Waals surface area contributed by atoms with Crippen molar-refractivity contribution in [2.45, 2.75) is 11.7 Å². The molecule has 24 heavy (non-hydrogen) atoms. The topological polar surface area (TPSA) is 83.8 Å². The second kappa shape index (κ2) is 5.71. The third kappa shape index (κ3) is 2.44. The lowest BCUT2D eigenvalue weighted by Crippen LogP contribution is -2.10. The average Bonchev–Trinajstić information content (AvgIpc) is 3.22. The molecule has 0 fully saturated rings. The second-order valence-corrected chi connectivity index (χ2v) is 5.70. The molecule has 0 unspecified atom stereocenters. The van der Waals surface area contributed by atoms with Gasteiger partial charge in [0.25, 0.3) is 0 Å². The standard InChI is InChI=1S/C14H11F2N7S/c1-24-14-21-10-4-5-18-23(10)13(22-14)17-6-9-19-8-3-2-7(15)11(16)12(8)20-9/h2-5H,6H2,1H3,(H,19,20)(H,17,21,22). The van der Waals surface area contributed by atoms with E-state index in [0.29, 0.717) is 28.1 Å². The SMILES string of the molecule is CSc1nc(NCc2nc3c(F)c(F)ccc3[nH]2)n2nccc2n1. The number of anilines is 1. The van der Waals surface area contributed by atoms with Crippen molar-refractivity contribution in [2.24, 2.45) is 0 Å². The molecule has 0 amide bonds. The summed E-state index contributed by atoms with van der Waals surface area (Å²) in [5, 5.41) is 7.84. The first-order valence-corrected chi connectivity index (χ1v) is 8.20. The molecule has 122 valence electrons. The summed E-state index contributed by atoms with van der Waals surface area (Å²) in [6, 6.07) is 4.29. The van der Waals surface area contributed by atoms with Crippen LogP contribution in [0.1, 0.15) is 5.82 Å². The molecule has 3 heterocycles. The highest BCUT2D eigenvalue weighted by atomic mass is 32.2. The number of thioether (sulfide) groups is 1. The van der Waals surface area contributed by atoms with Gasteiger partial charge in [0.05, 0.1) is 18.3 Å². The van der Waals surface area contributed by atoms with E-state index in [1.165, 1.54) is 17.8 Å². The largest absolute Gasteiger partial charge is 0.347 e. The third-order valence-electron chi connectivity index (χ3n) is 3.43. The summed E-state index contributed by atoms with van der Waals surface area (Å²) >= 11 is 1.41. The Bertz CT molecular complexity index is 1040. The first-order chi connectivity index (χ1) is 11.7. The lowest BCUT2D eigenvalue weighted by molar-refractivity contribution is 0.515. The number of H-pyrrole nitrogens is 1. The number of halogens is 2. The van der Waals surface area contributed by atoms with E-state index in [1.54, 1.807) is 16.8 Å². The minimum atomic E-state index is -0.962. The molecule has 0 aliphatic rings. The predicted molar refractivity (Wildman–Crippen MR) is 85.9 cm³/mol. The maximum Gasteiger partial charge on any atom is 0.228 e. The van der Waals surface area contributed by atoms with Crippen molar-refractivity contribution < 1.29 is 8.78 Å². The molecular formula is C14H11F2N7S. The molecule has 10 heteroatoms. The molecule has 0 spiro atoms. The first-order valence-electron chi connectivity index (χ1n) is 6.98. The number of rotatable bonds is 4. The fourth-order valence-corrected chi connectivity index (χ4v) is 2.69. The van der Waals surface area contributed by atoms with E-state index in [2.05, 4.69) is 30.4 Å². The average molecular weight is 347 g/mol. The normalized spacial score (nSPS) is 11.5. The van der Waals surface area contributed by atoms with Gasteiger partial charge in [-0.3, -0.25) is 0 Å². The number of nitrogens with zero attached hydrogens (tertiary/aromatic N) is 5. The number of imidazole rings is 1.